The molecule has 3 N–H and O–H groups in total. The average Bonchev–Trinajstić information content (AvgIpc) is 2.61. The lowest BCUT2D eigenvalue weighted by molar-refractivity contribution is 0.0951. The highest BCUT2D eigenvalue weighted by atomic mass is 32.1. The van der Waals surface area contributed by atoms with Crippen molar-refractivity contribution in [2.45, 2.75) is 26.3 Å². The van der Waals surface area contributed by atoms with Crippen molar-refractivity contribution < 1.29 is 4.79 Å². The van der Waals surface area contributed by atoms with E-state index in [1.165, 1.54) is 0 Å². The van der Waals surface area contributed by atoms with Gasteiger partial charge in [0.2, 0.25) is 0 Å². The van der Waals surface area contributed by atoms with Crippen LogP contribution in [0.4, 0.5) is 5.69 Å². The summed E-state index contributed by atoms with van der Waals surface area (Å²) in [4.78, 5) is 12.3. The Hall–Kier alpha value is -2.40. The molecule has 0 heterocycles. The Kier molecular flexibility index (Phi) is 7.23. The first-order chi connectivity index (χ1) is 11.7. The third kappa shape index (κ3) is 6.01. The SMILES string of the molecule is CCCCNC(=S)Nc1cccc(C(=O)NCc2ccccc2)c1. The predicted octanol–water partition coefficient (Wildman–Crippen LogP) is 3.70. The van der Waals surface area contributed by atoms with E-state index in [1.54, 1.807) is 12.1 Å². The van der Waals surface area contributed by atoms with Crippen LogP contribution in [-0.2, 0) is 6.54 Å². The molecule has 2 rings (SSSR count). The van der Waals surface area contributed by atoms with E-state index in [4.69, 9.17) is 12.2 Å². The summed E-state index contributed by atoms with van der Waals surface area (Å²) in [5.74, 6) is -0.104. The van der Waals surface area contributed by atoms with Crippen molar-refractivity contribution in [3.05, 3.63) is 65.7 Å². The van der Waals surface area contributed by atoms with Gasteiger partial charge in [0.15, 0.2) is 5.11 Å². The van der Waals surface area contributed by atoms with Crippen molar-refractivity contribution in [2.75, 3.05) is 11.9 Å². The lowest BCUT2D eigenvalue weighted by Crippen LogP contribution is -2.29. The molecule has 0 aliphatic carbocycles. The summed E-state index contributed by atoms with van der Waals surface area (Å²) in [5.41, 5.74) is 2.48. The van der Waals surface area contributed by atoms with Crippen LogP contribution in [0.25, 0.3) is 0 Å². The first kappa shape index (κ1) is 17.9. The fourth-order valence-corrected chi connectivity index (χ4v) is 2.39. The van der Waals surface area contributed by atoms with Gasteiger partial charge in [0.1, 0.15) is 0 Å². The molecule has 5 heteroatoms. The van der Waals surface area contributed by atoms with Crippen LogP contribution in [-0.4, -0.2) is 17.6 Å². The maximum Gasteiger partial charge on any atom is 0.251 e. The van der Waals surface area contributed by atoms with Crippen molar-refractivity contribution in [2.24, 2.45) is 0 Å². The Morgan fingerprint density at radius 2 is 1.83 bits per heavy atom. The van der Waals surface area contributed by atoms with Crippen LogP contribution in [0, 0.1) is 0 Å². The van der Waals surface area contributed by atoms with Crippen molar-refractivity contribution in [3.8, 4) is 0 Å². The summed E-state index contributed by atoms with van der Waals surface area (Å²) < 4.78 is 0. The smallest absolute Gasteiger partial charge is 0.251 e. The predicted molar refractivity (Wildman–Crippen MR) is 103 cm³/mol. The summed E-state index contributed by atoms with van der Waals surface area (Å²) in [7, 11) is 0. The zero-order chi connectivity index (χ0) is 17.2. The summed E-state index contributed by atoms with van der Waals surface area (Å²) in [6.07, 6.45) is 2.19. The highest BCUT2D eigenvalue weighted by Gasteiger charge is 2.06. The minimum Gasteiger partial charge on any atom is -0.362 e. The second kappa shape index (κ2) is 9.67. The molecule has 0 aliphatic rings. The minimum absolute atomic E-state index is 0.104. The summed E-state index contributed by atoms with van der Waals surface area (Å²) in [5, 5.41) is 9.75. The number of anilines is 1. The van der Waals surface area contributed by atoms with Crippen LogP contribution >= 0.6 is 12.2 Å². The van der Waals surface area contributed by atoms with Gasteiger partial charge in [-0.05, 0) is 42.4 Å². The van der Waals surface area contributed by atoms with Gasteiger partial charge in [-0.2, -0.15) is 0 Å². The lowest BCUT2D eigenvalue weighted by atomic mass is 10.1. The van der Waals surface area contributed by atoms with Crippen molar-refractivity contribution in [1.82, 2.24) is 10.6 Å². The maximum atomic E-state index is 12.3. The highest BCUT2D eigenvalue weighted by molar-refractivity contribution is 7.80. The van der Waals surface area contributed by atoms with E-state index in [-0.39, 0.29) is 5.91 Å². The third-order valence-electron chi connectivity index (χ3n) is 3.49. The van der Waals surface area contributed by atoms with Crippen molar-refractivity contribution in [3.63, 3.8) is 0 Å². The number of amides is 1. The van der Waals surface area contributed by atoms with Crippen LogP contribution in [0.3, 0.4) is 0 Å². The quantitative estimate of drug-likeness (QED) is 0.531. The van der Waals surface area contributed by atoms with E-state index in [9.17, 15) is 4.79 Å². The monoisotopic (exact) mass is 341 g/mol. The molecule has 0 bridgehead atoms. The average molecular weight is 341 g/mol. The zero-order valence-corrected chi connectivity index (χ0v) is 14.7. The fraction of sp³-hybridized carbons (Fsp3) is 0.263. The molecule has 24 heavy (non-hydrogen) atoms. The van der Waals surface area contributed by atoms with Gasteiger partial charge in [0.25, 0.3) is 5.91 Å². The van der Waals surface area contributed by atoms with E-state index < -0.39 is 0 Å². The Morgan fingerprint density at radius 1 is 1.04 bits per heavy atom. The van der Waals surface area contributed by atoms with Crippen LogP contribution in [0.1, 0.15) is 35.7 Å². The standard InChI is InChI=1S/C19H23N3OS/c1-2-3-12-20-19(24)22-17-11-7-10-16(13-17)18(23)21-14-15-8-5-4-6-9-15/h4-11,13H,2-3,12,14H2,1H3,(H,21,23)(H2,20,22,24). The molecule has 0 saturated carbocycles. The molecule has 0 unspecified atom stereocenters. The number of unbranched alkanes of at least 4 members (excludes halogenated alkanes) is 1. The van der Waals surface area contributed by atoms with Gasteiger partial charge in [-0.1, -0.05) is 49.7 Å². The molecule has 1 amide bonds. The number of hydrogen-bond acceptors (Lipinski definition) is 2. The van der Waals surface area contributed by atoms with E-state index in [1.807, 2.05) is 42.5 Å². The summed E-state index contributed by atoms with van der Waals surface area (Å²) in [6.45, 7) is 3.49. The Labute approximate surface area is 148 Å². The fourth-order valence-electron chi connectivity index (χ4n) is 2.17. The zero-order valence-electron chi connectivity index (χ0n) is 13.8. The molecule has 0 spiro atoms. The van der Waals surface area contributed by atoms with Gasteiger partial charge in [0, 0.05) is 24.3 Å². The van der Waals surface area contributed by atoms with Gasteiger partial charge in [0.05, 0.1) is 0 Å². The van der Waals surface area contributed by atoms with Crippen molar-refractivity contribution >= 4 is 28.9 Å². The van der Waals surface area contributed by atoms with Gasteiger partial charge in [-0.3, -0.25) is 4.79 Å². The largest absolute Gasteiger partial charge is 0.362 e. The first-order valence-corrected chi connectivity index (χ1v) is 8.57. The number of carbonyl (C=O) groups excluding carboxylic acids is 1. The molecule has 0 saturated heterocycles. The van der Waals surface area contributed by atoms with E-state index >= 15 is 0 Å². The van der Waals surface area contributed by atoms with E-state index in [2.05, 4.69) is 22.9 Å². The molecule has 0 radical (unpaired) electrons. The Morgan fingerprint density at radius 3 is 2.58 bits per heavy atom. The molecule has 0 atom stereocenters. The number of thiocarbonyl (C=S) groups is 1. The van der Waals surface area contributed by atoms with E-state index in [0.717, 1.165) is 30.6 Å². The number of benzene rings is 2. The molecular formula is C19H23N3OS. The molecule has 0 aromatic heterocycles. The maximum absolute atomic E-state index is 12.3. The Balaban J connectivity index is 1.89. The summed E-state index contributed by atoms with van der Waals surface area (Å²) in [6, 6.07) is 17.2. The van der Waals surface area contributed by atoms with Crippen LogP contribution < -0.4 is 16.0 Å². The minimum atomic E-state index is -0.104. The van der Waals surface area contributed by atoms with E-state index in [0.29, 0.717) is 17.2 Å². The molecule has 0 fully saturated rings. The number of nitrogens with one attached hydrogen (secondary N) is 3. The van der Waals surface area contributed by atoms with Crippen LogP contribution in [0.2, 0.25) is 0 Å². The molecule has 2 aromatic rings. The Bertz CT molecular complexity index is 673. The summed E-state index contributed by atoms with van der Waals surface area (Å²) >= 11 is 5.25. The molecule has 0 aliphatic heterocycles. The first-order valence-electron chi connectivity index (χ1n) is 8.16. The van der Waals surface area contributed by atoms with Gasteiger partial charge in [-0.15, -0.1) is 0 Å². The number of hydrogen-bond donors (Lipinski definition) is 3. The molecule has 4 nitrogen and oxygen atoms in total. The molecule has 126 valence electrons. The van der Waals surface area contributed by atoms with Crippen molar-refractivity contribution in [1.29, 1.82) is 0 Å². The molecule has 2 aromatic carbocycles. The second-order valence-electron chi connectivity index (χ2n) is 5.48. The highest BCUT2D eigenvalue weighted by Crippen LogP contribution is 2.11. The third-order valence-corrected chi connectivity index (χ3v) is 3.74. The van der Waals surface area contributed by atoms with Gasteiger partial charge >= 0.3 is 0 Å². The normalized spacial score (nSPS) is 10.0. The van der Waals surface area contributed by atoms with Crippen LogP contribution in [0.15, 0.2) is 54.6 Å². The number of carbonyl (C=O) groups is 1. The lowest BCUT2D eigenvalue weighted by Gasteiger charge is -2.11. The second-order valence-corrected chi connectivity index (χ2v) is 5.89. The topological polar surface area (TPSA) is 53.2 Å². The van der Waals surface area contributed by atoms with Gasteiger partial charge < -0.3 is 16.0 Å². The van der Waals surface area contributed by atoms with Gasteiger partial charge in [-0.25, -0.2) is 0 Å². The molecular weight excluding hydrogens is 318 g/mol. The number of rotatable bonds is 7. The van der Waals surface area contributed by atoms with Crippen LogP contribution in [0.5, 0.6) is 0 Å².